The lowest BCUT2D eigenvalue weighted by Crippen LogP contribution is -2.57. The highest BCUT2D eigenvalue weighted by atomic mass is 16.5. The molecule has 0 unspecified atom stereocenters. The summed E-state index contributed by atoms with van der Waals surface area (Å²) in [6.45, 7) is 6.88. The largest absolute Gasteiger partial charge is 0.465 e. The average molecular weight is 360 g/mol. The Morgan fingerprint density at radius 3 is 2.58 bits per heavy atom. The van der Waals surface area contributed by atoms with Gasteiger partial charge in [-0.1, -0.05) is 6.07 Å². The molecular weight excluding hydrogens is 332 g/mol. The Kier molecular flexibility index (Phi) is 6.21. The first kappa shape index (κ1) is 18.8. The molecule has 1 aromatic heterocycles. The molecule has 1 N–H and O–H groups in total. The number of piperidine rings is 1. The van der Waals surface area contributed by atoms with E-state index in [-0.39, 0.29) is 11.9 Å². The molecule has 2 saturated heterocycles. The smallest absolute Gasteiger partial charge is 0.320 e. The monoisotopic (exact) mass is 360 g/mol. The number of amides is 1. The highest BCUT2D eigenvalue weighted by molar-refractivity contribution is 5.88. The number of nitrogens with one attached hydrogen (secondary N) is 1. The summed E-state index contributed by atoms with van der Waals surface area (Å²) in [6.07, 6.45) is 5.16. The van der Waals surface area contributed by atoms with Crippen molar-refractivity contribution in [1.82, 2.24) is 20.1 Å². The maximum absolute atomic E-state index is 13.5. The molecule has 0 bridgehead atoms. The van der Waals surface area contributed by atoms with Crippen LogP contribution in [0.5, 0.6) is 0 Å². The van der Waals surface area contributed by atoms with E-state index >= 15 is 0 Å². The maximum atomic E-state index is 13.5. The molecular formula is C19H28N4O3. The molecule has 7 heteroatoms. The number of esters is 1. The molecule has 7 nitrogen and oxygen atoms in total. The Balaban J connectivity index is 1.67. The van der Waals surface area contributed by atoms with Crippen molar-refractivity contribution < 1.29 is 14.3 Å². The SMILES string of the molecule is CCOC(=O)CN1CCN(C(=O)C2(c3cccnc3)CCNCC2)CC1. The van der Waals surface area contributed by atoms with Crippen LogP contribution >= 0.6 is 0 Å². The van der Waals surface area contributed by atoms with Gasteiger partial charge in [0.1, 0.15) is 0 Å². The molecule has 1 amide bonds. The summed E-state index contributed by atoms with van der Waals surface area (Å²) in [6, 6.07) is 3.93. The Bertz CT molecular complexity index is 608. The van der Waals surface area contributed by atoms with Crippen molar-refractivity contribution in [1.29, 1.82) is 0 Å². The second kappa shape index (κ2) is 8.60. The number of pyridine rings is 1. The minimum Gasteiger partial charge on any atom is -0.465 e. The maximum Gasteiger partial charge on any atom is 0.320 e. The molecule has 142 valence electrons. The van der Waals surface area contributed by atoms with E-state index in [1.165, 1.54) is 0 Å². The van der Waals surface area contributed by atoms with Gasteiger partial charge in [-0.25, -0.2) is 0 Å². The molecule has 3 heterocycles. The fourth-order valence-electron chi connectivity index (χ4n) is 3.93. The van der Waals surface area contributed by atoms with Crippen LogP contribution in [0.15, 0.2) is 24.5 Å². The number of aromatic nitrogens is 1. The van der Waals surface area contributed by atoms with E-state index in [1.807, 2.05) is 30.2 Å². The van der Waals surface area contributed by atoms with Gasteiger partial charge in [0.15, 0.2) is 0 Å². The van der Waals surface area contributed by atoms with Crippen LogP contribution in [-0.2, 0) is 19.7 Å². The quantitative estimate of drug-likeness (QED) is 0.767. The van der Waals surface area contributed by atoms with Gasteiger partial charge in [0.2, 0.25) is 5.91 Å². The molecule has 2 aliphatic rings. The van der Waals surface area contributed by atoms with Crippen LogP contribution in [-0.4, -0.2) is 79.1 Å². The Morgan fingerprint density at radius 2 is 1.96 bits per heavy atom. The number of hydrogen-bond donors (Lipinski definition) is 1. The van der Waals surface area contributed by atoms with E-state index in [2.05, 4.69) is 15.2 Å². The number of rotatable bonds is 5. The molecule has 2 fully saturated rings. The number of nitrogens with zero attached hydrogens (tertiary/aromatic N) is 3. The van der Waals surface area contributed by atoms with E-state index in [1.54, 1.807) is 6.20 Å². The van der Waals surface area contributed by atoms with Crippen molar-refractivity contribution >= 4 is 11.9 Å². The van der Waals surface area contributed by atoms with Gasteiger partial charge in [0.25, 0.3) is 0 Å². The van der Waals surface area contributed by atoms with Gasteiger partial charge in [-0.15, -0.1) is 0 Å². The molecule has 1 aromatic rings. The third-order valence-corrected chi connectivity index (χ3v) is 5.40. The minimum atomic E-state index is -0.483. The third kappa shape index (κ3) is 4.04. The van der Waals surface area contributed by atoms with Crippen molar-refractivity contribution in [3.63, 3.8) is 0 Å². The lowest BCUT2D eigenvalue weighted by Gasteiger charge is -2.43. The molecule has 0 spiro atoms. The van der Waals surface area contributed by atoms with E-state index in [0.29, 0.717) is 39.3 Å². The summed E-state index contributed by atoms with van der Waals surface area (Å²) in [7, 11) is 0. The Morgan fingerprint density at radius 1 is 1.23 bits per heavy atom. The lowest BCUT2D eigenvalue weighted by molar-refractivity contribution is -0.145. The normalized spacial score (nSPS) is 20.6. The zero-order valence-electron chi connectivity index (χ0n) is 15.4. The summed E-state index contributed by atoms with van der Waals surface area (Å²) in [4.78, 5) is 33.4. The summed E-state index contributed by atoms with van der Waals surface area (Å²) >= 11 is 0. The molecule has 26 heavy (non-hydrogen) atoms. The van der Waals surface area contributed by atoms with Crippen LogP contribution in [0, 0.1) is 0 Å². The average Bonchev–Trinajstić information content (AvgIpc) is 2.69. The van der Waals surface area contributed by atoms with E-state index in [4.69, 9.17) is 4.74 Å². The van der Waals surface area contributed by atoms with Crippen LogP contribution in [0.3, 0.4) is 0 Å². The van der Waals surface area contributed by atoms with Crippen LogP contribution in [0.25, 0.3) is 0 Å². The van der Waals surface area contributed by atoms with Gasteiger partial charge in [-0.3, -0.25) is 19.5 Å². The summed E-state index contributed by atoms with van der Waals surface area (Å²) in [5, 5.41) is 3.36. The molecule has 2 aliphatic heterocycles. The first-order chi connectivity index (χ1) is 12.7. The van der Waals surface area contributed by atoms with Crippen LogP contribution in [0.2, 0.25) is 0 Å². The molecule has 0 saturated carbocycles. The summed E-state index contributed by atoms with van der Waals surface area (Å²) < 4.78 is 5.01. The van der Waals surface area contributed by atoms with Gasteiger partial charge in [0.05, 0.1) is 18.6 Å². The Hall–Kier alpha value is -1.99. The Labute approximate surface area is 154 Å². The highest BCUT2D eigenvalue weighted by Gasteiger charge is 2.44. The van der Waals surface area contributed by atoms with E-state index < -0.39 is 5.41 Å². The van der Waals surface area contributed by atoms with Crippen LogP contribution in [0.1, 0.15) is 25.3 Å². The van der Waals surface area contributed by atoms with Gasteiger partial charge < -0.3 is 15.0 Å². The van der Waals surface area contributed by atoms with Gasteiger partial charge in [-0.2, -0.15) is 0 Å². The van der Waals surface area contributed by atoms with E-state index in [9.17, 15) is 9.59 Å². The van der Waals surface area contributed by atoms with Crippen molar-refractivity contribution in [2.24, 2.45) is 0 Å². The molecule has 3 rings (SSSR count). The molecule has 0 atom stereocenters. The zero-order valence-corrected chi connectivity index (χ0v) is 15.4. The molecule has 0 aromatic carbocycles. The number of hydrogen-bond acceptors (Lipinski definition) is 6. The van der Waals surface area contributed by atoms with E-state index in [0.717, 1.165) is 31.5 Å². The van der Waals surface area contributed by atoms with Gasteiger partial charge in [0, 0.05) is 38.6 Å². The number of carbonyl (C=O) groups is 2. The fraction of sp³-hybridized carbons (Fsp3) is 0.632. The third-order valence-electron chi connectivity index (χ3n) is 5.40. The summed E-state index contributed by atoms with van der Waals surface area (Å²) in [5.74, 6) is 0.000228. The second-order valence-electron chi connectivity index (χ2n) is 6.95. The molecule has 0 radical (unpaired) electrons. The van der Waals surface area contributed by atoms with Gasteiger partial charge in [-0.05, 0) is 44.5 Å². The predicted molar refractivity (Wildman–Crippen MR) is 97.7 cm³/mol. The number of piperazine rings is 1. The van der Waals surface area contributed by atoms with Crippen LogP contribution in [0.4, 0.5) is 0 Å². The zero-order chi connectivity index (χ0) is 18.4. The fourth-order valence-corrected chi connectivity index (χ4v) is 3.93. The van der Waals surface area contributed by atoms with Crippen molar-refractivity contribution in [2.45, 2.75) is 25.2 Å². The standard InChI is InChI=1S/C19H28N4O3/c1-2-26-17(24)15-22-10-12-23(13-11-22)18(25)19(5-8-20-9-6-19)16-4-3-7-21-14-16/h3-4,7,14,20H,2,5-6,8-13,15H2,1H3. The topological polar surface area (TPSA) is 74.8 Å². The number of ether oxygens (including phenoxy) is 1. The first-order valence-corrected chi connectivity index (χ1v) is 9.44. The molecule has 0 aliphatic carbocycles. The number of carbonyl (C=O) groups excluding carboxylic acids is 2. The highest BCUT2D eigenvalue weighted by Crippen LogP contribution is 2.35. The second-order valence-corrected chi connectivity index (χ2v) is 6.95. The van der Waals surface area contributed by atoms with Crippen molar-refractivity contribution in [2.75, 3.05) is 52.4 Å². The van der Waals surface area contributed by atoms with Crippen LogP contribution < -0.4 is 5.32 Å². The predicted octanol–water partition coefficient (Wildman–Crippen LogP) is 0.410. The van der Waals surface area contributed by atoms with Crippen molar-refractivity contribution in [3.8, 4) is 0 Å². The minimum absolute atomic E-state index is 0.197. The van der Waals surface area contributed by atoms with Gasteiger partial charge >= 0.3 is 5.97 Å². The van der Waals surface area contributed by atoms with Crippen molar-refractivity contribution in [3.05, 3.63) is 30.1 Å². The first-order valence-electron chi connectivity index (χ1n) is 9.44. The lowest BCUT2D eigenvalue weighted by atomic mass is 9.72. The summed E-state index contributed by atoms with van der Waals surface area (Å²) in [5.41, 5.74) is 0.531.